The van der Waals surface area contributed by atoms with Gasteiger partial charge in [-0.1, -0.05) is 0 Å². The van der Waals surface area contributed by atoms with Crippen LogP contribution >= 0.6 is 0 Å². The van der Waals surface area contributed by atoms with Gasteiger partial charge in [0.15, 0.2) is 0 Å². The molecule has 0 aliphatic carbocycles. The largest absolute Gasteiger partial charge is 0.495 e. The first-order valence-corrected chi connectivity index (χ1v) is 10.2. The summed E-state index contributed by atoms with van der Waals surface area (Å²) in [5.74, 6) is -1.34. The van der Waals surface area contributed by atoms with E-state index in [1.807, 2.05) is 0 Å². The van der Waals surface area contributed by atoms with E-state index in [0.717, 1.165) is 10.4 Å². The summed E-state index contributed by atoms with van der Waals surface area (Å²) in [5, 5.41) is 7.75. The molecule has 162 valence electrons. The van der Waals surface area contributed by atoms with Crippen molar-refractivity contribution in [3.05, 3.63) is 42.2 Å². The number of rotatable bonds is 8. The molecule has 2 aromatic carbocycles. The highest BCUT2D eigenvalue weighted by Crippen LogP contribution is 2.28. The van der Waals surface area contributed by atoms with Gasteiger partial charge in [-0.3, -0.25) is 9.59 Å². The molecule has 30 heavy (non-hydrogen) atoms. The minimum absolute atomic E-state index is 0.0124. The van der Waals surface area contributed by atoms with Crippen LogP contribution in [0.15, 0.2) is 41.3 Å². The maximum Gasteiger partial charge on any atom is 0.246 e. The molecule has 0 aliphatic rings. The molecule has 0 saturated carbocycles. The molecule has 3 N–H and O–H groups in total. The lowest BCUT2D eigenvalue weighted by atomic mass is 10.2. The van der Waals surface area contributed by atoms with Crippen LogP contribution in [0.25, 0.3) is 0 Å². The average Bonchev–Trinajstić information content (AvgIpc) is 2.68. The average molecular weight is 438 g/mol. The first-order chi connectivity index (χ1) is 14.0. The molecule has 2 amide bonds. The molecule has 0 saturated heterocycles. The Morgan fingerprint density at radius 1 is 1.07 bits per heavy atom. The van der Waals surface area contributed by atoms with Gasteiger partial charge in [0.1, 0.15) is 16.5 Å². The van der Waals surface area contributed by atoms with Crippen LogP contribution in [-0.4, -0.2) is 52.3 Å². The monoisotopic (exact) mass is 438 g/mol. The predicted octanol–water partition coefficient (Wildman–Crippen LogP) is 2.09. The molecular weight excluding hydrogens is 415 g/mol. The van der Waals surface area contributed by atoms with Gasteiger partial charge in [0.2, 0.25) is 21.8 Å². The Labute approximate surface area is 174 Å². The van der Waals surface area contributed by atoms with Crippen molar-refractivity contribution in [3.8, 4) is 5.75 Å². The van der Waals surface area contributed by atoms with Crippen LogP contribution in [0.3, 0.4) is 0 Å². The lowest BCUT2D eigenvalue weighted by molar-refractivity contribution is -0.115. The molecule has 0 atom stereocenters. The third-order valence-corrected chi connectivity index (χ3v) is 5.77. The van der Waals surface area contributed by atoms with Crippen LogP contribution in [0.5, 0.6) is 5.75 Å². The van der Waals surface area contributed by atoms with Crippen LogP contribution in [0.4, 0.5) is 21.5 Å². The van der Waals surface area contributed by atoms with Crippen LogP contribution < -0.4 is 20.7 Å². The second-order valence-electron chi connectivity index (χ2n) is 6.43. The number of hydrogen-bond acceptors (Lipinski definition) is 6. The highest BCUT2D eigenvalue weighted by atomic mass is 32.2. The normalized spacial score (nSPS) is 11.1. The summed E-state index contributed by atoms with van der Waals surface area (Å²) in [4.78, 5) is 23.3. The summed E-state index contributed by atoms with van der Waals surface area (Å²) >= 11 is 0. The number of ether oxygens (including phenoxy) is 1. The maximum atomic E-state index is 13.7. The number of benzene rings is 2. The number of halogens is 1. The smallest absolute Gasteiger partial charge is 0.246 e. The highest BCUT2D eigenvalue weighted by Gasteiger charge is 2.23. The number of nitrogens with zero attached hydrogens (tertiary/aromatic N) is 1. The van der Waals surface area contributed by atoms with E-state index in [-0.39, 0.29) is 28.6 Å². The van der Waals surface area contributed by atoms with Crippen molar-refractivity contribution >= 4 is 38.9 Å². The number of methoxy groups -OCH3 is 1. The zero-order chi connectivity index (χ0) is 22.5. The van der Waals surface area contributed by atoms with E-state index in [4.69, 9.17) is 4.74 Å². The first kappa shape index (κ1) is 23.1. The number of carbonyl (C=O) groups is 2. The van der Waals surface area contributed by atoms with Crippen molar-refractivity contribution in [3.63, 3.8) is 0 Å². The Hall–Kier alpha value is -3.18. The summed E-state index contributed by atoms with van der Waals surface area (Å²) in [6.07, 6.45) is 0. The summed E-state index contributed by atoms with van der Waals surface area (Å²) in [6, 6.07) is 8.20. The minimum atomic E-state index is -3.78. The van der Waals surface area contributed by atoms with Gasteiger partial charge in [-0.25, -0.2) is 17.1 Å². The Morgan fingerprint density at radius 2 is 1.73 bits per heavy atom. The molecule has 9 nitrogen and oxygen atoms in total. The molecular formula is C19H23FN4O5S. The van der Waals surface area contributed by atoms with Gasteiger partial charge >= 0.3 is 0 Å². The van der Waals surface area contributed by atoms with Crippen molar-refractivity contribution in [2.45, 2.75) is 11.8 Å². The molecule has 0 heterocycles. The maximum absolute atomic E-state index is 13.7. The fourth-order valence-electron chi connectivity index (χ4n) is 2.46. The topological polar surface area (TPSA) is 117 Å². The van der Waals surface area contributed by atoms with Crippen LogP contribution in [-0.2, 0) is 19.6 Å². The molecule has 0 radical (unpaired) electrons. The van der Waals surface area contributed by atoms with Gasteiger partial charge in [0, 0.05) is 32.4 Å². The number of amides is 2. The number of sulfonamides is 1. The number of nitrogens with one attached hydrogen (secondary N) is 3. The van der Waals surface area contributed by atoms with Gasteiger partial charge in [0.25, 0.3) is 0 Å². The quantitative estimate of drug-likeness (QED) is 0.581. The summed E-state index contributed by atoms with van der Waals surface area (Å²) in [6.45, 7) is 1.08. The molecule has 0 fully saturated rings. The second-order valence-corrected chi connectivity index (χ2v) is 8.55. The molecule has 2 rings (SSSR count). The van der Waals surface area contributed by atoms with E-state index >= 15 is 0 Å². The van der Waals surface area contributed by atoms with E-state index in [9.17, 15) is 22.4 Å². The zero-order valence-electron chi connectivity index (χ0n) is 16.9. The van der Waals surface area contributed by atoms with Crippen molar-refractivity contribution in [2.24, 2.45) is 0 Å². The van der Waals surface area contributed by atoms with E-state index in [0.29, 0.717) is 5.69 Å². The Kier molecular flexibility index (Phi) is 7.35. The predicted molar refractivity (Wildman–Crippen MR) is 112 cm³/mol. The molecule has 11 heteroatoms. The van der Waals surface area contributed by atoms with Gasteiger partial charge in [-0.15, -0.1) is 0 Å². The summed E-state index contributed by atoms with van der Waals surface area (Å²) < 4.78 is 44.7. The Balaban J connectivity index is 2.11. The summed E-state index contributed by atoms with van der Waals surface area (Å²) in [5.41, 5.74) is 0.670. The molecule has 0 spiro atoms. The Bertz CT molecular complexity index is 1060. The van der Waals surface area contributed by atoms with Crippen molar-refractivity contribution in [1.82, 2.24) is 4.31 Å². The minimum Gasteiger partial charge on any atom is -0.495 e. The number of carbonyl (C=O) groups excluding carboxylic acids is 2. The SMILES string of the molecule is COc1ccc(NC(=O)CNc2ccc(F)c(NC(C)=O)c2)cc1S(=O)(=O)N(C)C. The second kappa shape index (κ2) is 9.55. The number of hydrogen-bond donors (Lipinski definition) is 3. The third kappa shape index (κ3) is 5.67. The van der Waals surface area contributed by atoms with Gasteiger partial charge in [-0.2, -0.15) is 0 Å². The number of anilines is 3. The fraction of sp³-hybridized carbons (Fsp3) is 0.263. The Morgan fingerprint density at radius 3 is 2.33 bits per heavy atom. The van der Waals surface area contributed by atoms with Gasteiger partial charge in [0.05, 0.1) is 19.3 Å². The lowest BCUT2D eigenvalue weighted by Crippen LogP contribution is -2.24. The van der Waals surface area contributed by atoms with Crippen molar-refractivity contribution in [1.29, 1.82) is 0 Å². The van der Waals surface area contributed by atoms with Crippen molar-refractivity contribution < 1.29 is 27.1 Å². The van der Waals surface area contributed by atoms with E-state index in [1.165, 1.54) is 58.5 Å². The van der Waals surface area contributed by atoms with Crippen molar-refractivity contribution in [2.75, 3.05) is 43.7 Å². The van der Waals surface area contributed by atoms with E-state index in [1.54, 1.807) is 0 Å². The highest BCUT2D eigenvalue weighted by molar-refractivity contribution is 7.89. The molecule has 0 bridgehead atoms. The van der Waals surface area contributed by atoms with Crippen LogP contribution in [0, 0.1) is 5.82 Å². The van der Waals surface area contributed by atoms with Gasteiger partial charge in [-0.05, 0) is 36.4 Å². The fourth-order valence-corrected chi connectivity index (χ4v) is 3.54. The molecule has 0 aliphatic heterocycles. The van der Waals surface area contributed by atoms with Gasteiger partial charge < -0.3 is 20.7 Å². The molecule has 2 aromatic rings. The standard InChI is InChI=1S/C19H23FN4O5S/c1-12(25)22-16-9-13(5-7-15(16)20)21-11-19(26)23-14-6-8-17(29-4)18(10-14)30(27,28)24(2)3/h5-10,21H,11H2,1-4H3,(H,22,25)(H,23,26). The van der Waals surface area contributed by atoms with E-state index in [2.05, 4.69) is 16.0 Å². The third-order valence-electron chi connectivity index (χ3n) is 3.94. The van der Waals surface area contributed by atoms with E-state index < -0.39 is 27.7 Å². The molecule has 0 aromatic heterocycles. The summed E-state index contributed by atoms with van der Waals surface area (Å²) in [7, 11) is 0.352. The first-order valence-electron chi connectivity index (χ1n) is 8.76. The lowest BCUT2D eigenvalue weighted by Gasteiger charge is -2.16. The van der Waals surface area contributed by atoms with Crippen LogP contribution in [0.2, 0.25) is 0 Å². The zero-order valence-corrected chi connectivity index (χ0v) is 17.8. The van der Waals surface area contributed by atoms with Crippen LogP contribution in [0.1, 0.15) is 6.92 Å². The molecule has 0 unspecified atom stereocenters.